The first kappa shape index (κ1) is 12.4. The second kappa shape index (κ2) is 3.21. The Labute approximate surface area is 68.7 Å². The summed E-state index contributed by atoms with van der Waals surface area (Å²) in [5.74, 6) is 0. The molecule has 0 spiro atoms. The Morgan fingerprint density at radius 3 is 1.22 bits per heavy atom. The summed E-state index contributed by atoms with van der Waals surface area (Å²) >= 11 is 6.15. The summed E-state index contributed by atoms with van der Waals surface area (Å²) in [6.45, 7) is 11.0. The Balaban J connectivity index is 0. The van der Waals surface area contributed by atoms with Gasteiger partial charge in [0, 0.05) is 0 Å². The molecule has 0 atom stereocenters. The fourth-order valence-corrected chi connectivity index (χ4v) is 0. The molecule has 0 aromatic carbocycles. The van der Waals surface area contributed by atoms with Gasteiger partial charge in [-0.25, -0.2) is 0 Å². The number of hydrogen-bond acceptors (Lipinski definition) is 0. The van der Waals surface area contributed by atoms with Crippen molar-refractivity contribution in [3.63, 3.8) is 0 Å². The van der Waals surface area contributed by atoms with Crippen LogP contribution < -0.4 is 0 Å². The fraction of sp³-hybridized carbons (Fsp3) is 1.00. The van der Waals surface area contributed by atoms with Crippen LogP contribution >= 0.6 is 11.1 Å². The molecule has 0 fully saturated rings. The van der Waals surface area contributed by atoms with Crippen LogP contribution in [0.25, 0.3) is 0 Å². The first-order chi connectivity index (χ1) is 3.25. The molecule has 0 amide bonds. The van der Waals surface area contributed by atoms with E-state index in [9.17, 15) is 0 Å². The predicted molar refractivity (Wildman–Crippen MR) is 54.4 cm³/mol. The smallest absolute Gasteiger partial charge is 0.155 e. The highest BCUT2D eigenvalue weighted by molar-refractivity contribution is 7.20. The molecular formula is C6H19ClSi2. The second-order valence-corrected chi connectivity index (χ2v) is 11.0. The molecule has 0 heterocycles. The van der Waals surface area contributed by atoms with Crippen molar-refractivity contribution in [2.75, 3.05) is 0 Å². The molecule has 0 aliphatic carbocycles. The van der Waals surface area contributed by atoms with Crippen LogP contribution in [0, 0.1) is 0 Å². The Morgan fingerprint density at radius 2 is 1.22 bits per heavy atom. The molecule has 58 valence electrons. The van der Waals surface area contributed by atoms with E-state index in [2.05, 4.69) is 33.9 Å². The quantitative estimate of drug-likeness (QED) is 0.396. The van der Waals surface area contributed by atoms with Gasteiger partial charge in [-0.3, -0.25) is 0 Å². The van der Waals surface area contributed by atoms with E-state index in [0.29, 0.717) is 5.04 Å². The van der Waals surface area contributed by atoms with E-state index in [1.807, 2.05) is 0 Å². The standard InChI is InChI=1S/C6H15ClSi.H4Si/c1-6(2,3)8(4,5)7;/h1-5H3;1H4. The minimum Gasteiger partial charge on any atom is -0.167 e. The van der Waals surface area contributed by atoms with Crippen LogP contribution in [0.15, 0.2) is 0 Å². The summed E-state index contributed by atoms with van der Waals surface area (Å²) in [7, 11) is -1.39. The molecule has 9 heavy (non-hydrogen) atoms. The zero-order valence-corrected chi connectivity index (χ0v) is 8.13. The van der Waals surface area contributed by atoms with Crippen molar-refractivity contribution in [1.82, 2.24) is 0 Å². The van der Waals surface area contributed by atoms with E-state index in [1.165, 1.54) is 0 Å². The third-order valence-electron chi connectivity index (χ3n) is 1.78. The number of hydrogen-bond donors (Lipinski definition) is 0. The summed E-state index contributed by atoms with van der Waals surface area (Å²) in [4.78, 5) is 0. The van der Waals surface area contributed by atoms with Gasteiger partial charge in [-0.15, -0.1) is 0 Å². The van der Waals surface area contributed by atoms with Crippen LogP contribution in [0.2, 0.25) is 18.1 Å². The molecule has 0 radical (unpaired) electrons. The molecule has 0 aromatic heterocycles. The molecule has 0 nitrogen and oxygen atoms in total. The van der Waals surface area contributed by atoms with Crippen LogP contribution in [0.1, 0.15) is 20.8 Å². The van der Waals surface area contributed by atoms with Crippen molar-refractivity contribution in [1.29, 1.82) is 0 Å². The fourth-order valence-electron chi connectivity index (χ4n) is 0. The first-order valence-corrected chi connectivity index (χ1v) is 6.95. The molecule has 3 heteroatoms. The van der Waals surface area contributed by atoms with Gasteiger partial charge >= 0.3 is 0 Å². The molecule has 0 bridgehead atoms. The lowest BCUT2D eigenvalue weighted by atomic mass is 10.2. The predicted octanol–water partition coefficient (Wildman–Crippen LogP) is 1.78. The lowest BCUT2D eigenvalue weighted by Gasteiger charge is -2.29. The van der Waals surface area contributed by atoms with Gasteiger partial charge in [-0.1, -0.05) is 33.9 Å². The van der Waals surface area contributed by atoms with Gasteiger partial charge in [-0.05, 0) is 16.0 Å². The van der Waals surface area contributed by atoms with Crippen molar-refractivity contribution in [3.05, 3.63) is 0 Å². The van der Waals surface area contributed by atoms with Gasteiger partial charge in [-0.2, -0.15) is 11.1 Å². The molecule has 0 N–H and O–H groups in total. The largest absolute Gasteiger partial charge is 0.167 e. The zero-order valence-electron chi connectivity index (χ0n) is 6.38. The highest BCUT2D eigenvalue weighted by atomic mass is 35.6. The number of rotatable bonds is 0. The Morgan fingerprint density at radius 1 is 1.11 bits per heavy atom. The maximum Gasteiger partial charge on any atom is 0.155 e. The van der Waals surface area contributed by atoms with Crippen LogP contribution in [-0.4, -0.2) is 18.3 Å². The molecule has 0 aromatic rings. The van der Waals surface area contributed by atoms with E-state index >= 15 is 0 Å². The lowest BCUT2D eigenvalue weighted by molar-refractivity contribution is 0.735. The second-order valence-electron chi connectivity index (χ2n) is 3.72. The van der Waals surface area contributed by atoms with Gasteiger partial charge in [0.05, 0.1) is 0 Å². The summed E-state index contributed by atoms with van der Waals surface area (Å²) in [5.41, 5.74) is 0. The normalized spacial score (nSPS) is 12.7. The van der Waals surface area contributed by atoms with Crippen LogP contribution in [0.5, 0.6) is 0 Å². The minimum absolute atomic E-state index is 0. The molecule has 0 unspecified atom stereocenters. The van der Waals surface area contributed by atoms with E-state index in [-0.39, 0.29) is 11.0 Å². The zero-order chi connectivity index (χ0) is 7.00. The monoisotopic (exact) mass is 182 g/mol. The Hall–Kier alpha value is 0.724. The Kier molecular flexibility index (Phi) is 4.43. The van der Waals surface area contributed by atoms with Gasteiger partial charge in [0.25, 0.3) is 0 Å². The number of halogens is 1. The van der Waals surface area contributed by atoms with Crippen LogP contribution in [-0.2, 0) is 0 Å². The van der Waals surface area contributed by atoms with E-state index in [4.69, 9.17) is 11.1 Å². The van der Waals surface area contributed by atoms with Crippen LogP contribution in [0.4, 0.5) is 0 Å². The first-order valence-electron chi connectivity index (χ1n) is 2.94. The molecule has 0 rings (SSSR count). The summed E-state index contributed by atoms with van der Waals surface area (Å²) < 4.78 is 0. The average Bonchev–Trinajstić information content (AvgIpc) is 1.25. The van der Waals surface area contributed by atoms with Gasteiger partial charge < -0.3 is 0 Å². The van der Waals surface area contributed by atoms with Gasteiger partial charge in [0.2, 0.25) is 0 Å². The summed E-state index contributed by atoms with van der Waals surface area (Å²) in [6.07, 6.45) is 0. The summed E-state index contributed by atoms with van der Waals surface area (Å²) in [5, 5.41) is 0.342. The van der Waals surface area contributed by atoms with Crippen molar-refractivity contribution >= 4 is 29.4 Å². The average molecular weight is 183 g/mol. The SMILES string of the molecule is CC(C)(C)[Si](C)(C)Cl.[SiH4]. The third-order valence-corrected chi connectivity index (χ3v) is 7.05. The molecule has 0 aliphatic heterocycles. The van der Waals surface area contributed by atoms with Crippen molar-refractivity contribution in [3.8, 4) is 0 Å². The van der Waals surface area contributed by atoms with Crippen molar-refractivity contribution in [2.45, 2.75) is 38.9 Å². The highest BCUT2D eigenvalue weighted by Crippen LogP contribution is 2.38. The lowest BCUT2D eigenvalue weighted by Crippen LogP contribution is -2.29. The van der Waals surface area contributed by atoms with Crippen molar-refractivity contribution < 1.29 is 0 Å². The van der Waals surface area contributed by atoms with Gasteiger partial charge in [0.15, 0.2) is 7.38 Å². The maximum absolute atomic E-state index is 6.15. The van der Waals surface area contributed by atoms with Crippen molar-refractivity contribution in [2.24, 2.45) is 0 Å². The molecule has 0 saturated heterocycles. The van der Waals surface area contributed by atoms with E-state index < -0.39 is 7.38 Å². The van der Waals surface area contributed by atoms with E-state index in [1.54, 1.807) is 0 Å². The van der Waals surface area contributed by atoms with Gasteiger partial charge in [0.1, 0.15) is 0 Å². The summed E-state index contributed by atoms with van der Waals surface area (Å²) in [6, 6.07) is 0. The van der Waals surface area contributed by atoms with E-state index in [0.717, 1.165) is 0 Å². The maximum atomic E-state index is 6.15. The molecular weight excluding hydrogens is 164 g/mol. The highest BCUT2D eigenvalue weighted by Gasteiger charge is 2.32. The third kappa shape index (κ3) is 4.17. The topological polar surface area (TPSA) is 0 Å². The molecule has 0 saturated carbocycles. The molecule has 0 aliphatic rings. The Bertz CT molecular complexity index is 66.0. The van der Waals surface area contributed by atoms with Crippen LogP contribution in [0.3, 0.4) is 0 Å². The minimum atomic E-state index is -1.39.